The van der Waals surface area contributed by atoms with Crippen LogP contribution in [0.15, 0.2) is 75.8 Å². The van der Waals surface area contributed by atoms with E-state index in [0.29, 0.717) is 33.8 Å². The fraction of sp³-hybridized carbons (Fsp3) is 0.115. The molecule has 0 saturated heterocycles. The molecule has 0 aliphatic heterocycles. The van der Waals surface area contributed by atoms with Crippen molar-refractivity contribution < 1.29 is 27.6 Å². The van der Waals surface area contributed by atoms with Crippen molar-refractivity contribution in [3.8, 4) is 11.5 Å². The number of halogens is 2. The second kappa shape index (κ2) is 11.0. The third-order valence-electron chi connectivity index (χ3n) is 5.55. The third kappa shape index (κ3) is 5.73. The second-order valence-electron chi connectivity index (χ2n) is 8.10. The van der Waals surface area contributed by atoms with Crippen molar-refractivity contribution in [2.75, 3.05) is 11.9 Å². The van der Waals surface area contributed by atoms with Crippen LogP contribution in [-0.2, 0) is 10.1 Å². The lowest BCUT2D eigenvalue weighted by Crippen LogP contribution is -2.13. The highest BCUT2D eigenvalue weighted by molar-refractivity contribution is 7.85. The molecule has 0 fully saturated rings. The highest BCUT2D eigenvalue weighted by Crippen LogP contribution is 2.40. The van der Waals surface area contributed by atoms with Gasteiger partial charge in [0.15, 0.2) is 5.75 Å². The molecule has 0 heterocycles. The molecule has 9 nitrogen and oxygen atoms in total. The summed E-state index contributed by atoms with van der Waals surface area (Å²) in [5.74, 6) is -0.713. The number of phenolic OH excluding ortho intramolecular Hbond substituents is 1. The molecule has 0 aliphatic carbocycles. The minimum Gasteiger partial charge on any atom is -0.505 e. The van der Waals surface area contributed by atoms with Crippen LogP contribution in [0.2, 0.25) is 10.0 Å². The summed E-state index contributed by atoms with van der Waals surface area (Å²) in [5, 5.41) is 23.4. The lowest BCUT2D eigenvalue weighted by atomic mass is 10.0. The number of phenols is 1. The van der Waals surface area contributed by atoms with Crippen LogP contribution < -0.4 is 10.1 Å². The molecule has 4 aromatic carbocycles. The van der Waals surface area contributed by atoms with E-state index in [2.05, 4.69) is 15.5 Å². The van der Waals surface area contributed by atoms with E-state index in [1.807, 2.05) is 0 Å². The van der Waals surface area contributed by atoms with Crippen LogP contribution in [0.5, 0.6) is 11.5 Å². The number of nitrogens with one attached hydrogen (secondary N) is 1. The van der Waals surface area contributed by atoms with Gasteiger partial charge in [-0.15, -0.1) is 5.11 Å². The normalized spacial score (nSPS) is 11.7. The minimum absolute atomic E-state index is 0.00634. The van der Waals surface area contributed by atoms with Crippen LogP contribution in [-0.4, -0.2) is 30.6 Å². The van der Waals surface area contributed by atoms with E-state index in [9.17, 15) is 22.9 Å². The summed E-state index contributed by atoms with van der Waals surface area (Å²) in [6.07, 6.45) is 0. The Bertz CT molecular complexity index is 1710. The lowest BCUT2D eigenvalue weighted by Gasteiger charge is -2.14. The number of amides is 1. The van der Waals surface area contributed by atoms with E-state index in [-0.39, 0.29) is 27.5 Å². The number of fused-ring (bicyclic) bond motifs is 1. The van der Waals surface area contributed by atoms with E-state index in [4.69, 9.17) is 27.9 Å². The molecule has 0 radical (unpaired) electrons. The van der Waals surface area contributed by atoms with Gasteiger partial charge >= 0.3 is 0 Å². The largest absolute Gasteiger partial charge is 0.505 e. The maximum Gasteiger partial charge on any atom is 0.294 e. The van der Waals surface area contributed by atoms with Crippen molar-refractivity contribution in [3.05, 3.63) is 81.8 Å². The topological polar surface area (TPSA) is 138 Å². The fourth-order valence-electron chi connectivity index (χ4n) is 3.74. The van der Waals surface area contributed by atoms with Gasteiger partial charge in [0, 0.05) is 15.4 Å². The zero-order valence-corrected chi connectivity index (χ0v) is 22.4. The first-order valence-electron chi connectivity index (χ1n) is 11.2. The molecule has 1 amide bonds. The number of carbonyl (C=O) groups excluding carboxylic acids is 1. The van der Waals surface area contributed by atoms with Gasteiger partial charge in [-0.05, 0) is 61.2 Å². The standard InChI is InChI=1S/C26H21Cl2N3O6S/c1-3-37-22-9-8-16(27)11-21(22)29-26(33)19-10-15-6-4-5-7-18(15)24(25(19)32)31-30-17-12-20(28)14(2)23(13-17)38(34,35)36/h4-13,32H,3H2,1-2H3,(H,29,33)(H,34,35,36). The summed E-state index contributed by atoms with van der Waals surface area (Å²) in [7, 11) is -4.57. The molecule has 0 aliphatic rings. The number of aromatic hydroxyl groups is 1. The van der Waals surface area contributed by atoms with Gasteiger partial charge in [0.1, 0.15) is 16.3 Å². The van der Waals surface area contributed by atoms with Crippen LogP contribution in [0, 0.1) is 6.92 Å². The molecular weight excluding hydrogens is 553 g/mol. The predicted octanol–water partition coefficient (Wildman–Crippen LogP) is 7.47. The molecule has 196 valence electrons. The van der Waals surface area contributed by atoms with Gasteiger partial charge in [0.2, 0.25) is 0 Å². The first kappa shape index (κ1) is 27.3. The first-order valence-corrected chi connectivity index (χ1v) is 13.4. The van der Waals surface area contributed by atoms with Gasteiger partial charge < -0.3 is 15.2 Å². The van der Waals surface area contributed by atoms with E-state index in [0.717, 1.165) is 6.07 Å². The van der Waals surface area contributed by atoms with Crippen LogP contribution in [0.1, 0.15) is 22.8 Å². The van der Waals surface area contributed by atoms with Crippen molar-refractivity contribution >= 4 is 67.1 Å². The molecule has 0 saturated carbocycles. The summed E-state index contributed by atoms with van der Waals surface area (Å²) in [6, 6.07) is 15.6. The Balaban J connectivity index is 1.80. The Hall–Kier alpha value is -3.70. The zero-order chi connectivity index (χ0) is 27.6. The summed E-state index contributed by atoms with van der Waals surface area (Å²) in [6.45, 7) is 3.59. The van der Waals surface area contributed by atoms with Gasteiger partial charge in [-0.3, -0.25) is 9.35 Å². The predicted molar refractivity (Wildman–Crippen MR) is 146 cm³/mol. The van der Waals surface area contributed by atoms with Crippen LogP contribution in [0.3, 0.4) is 0 Å². The van der Waals surface area contributed by atoms with Gasteiger partial charge in [0.05, 0.1) is 23.5 Å². The fourth-order valence-corrected chi connectivity index (χ4v) is 4.94. The van der Waals surface area contributed by atoms with Crippen molar-refractivity contribution in [2.24, 2.45) is 10.2 Å². The number of azo groups is 1. The van der Waals surface area contributed by atoms with Crippen molar-refractivity contribution in [1.29, 1.82) is 0 Å². The molecule has 0 unspecified atom stereocenters. The SMILES string of the molecule is CCOc1ccc(Cl)cc1NC(=O)c1cc2ccccc2c(N=Nc2cc(Cl)c(C)c(S(=O)(=O)O)c2)c1O. The Labute approximate surface area is 228 Å². The average molecular weight is 574 g/mol. The van der Waals surface area contributed by atoms with E-state index >= 15 is 0 Å². The maximum absolute atomic E-state index is 13.3. The van der Waals surface area contributed by atoms with Crippen LogP contribution in [0.25, 0.3) is 10.8 Å². The number of hydrogen-bond acceptors (Lipinski definition) is 7. The number of anilines is 1. The van der Waals surface area contributed by atoms with Crippen LogP contribution in [0.4, 0.5) is 17.1 Å². The molecule has 0 bridgehead atoms. The summed E-state index contributed by atoms with van der Waals surface area (Å²) in [5.41, 5.74) is 0.335. The van der Waals surface area contributed by atoms with Crippen molar-refractivity contribution in [3.63, 3.8) is 0 Å². The summed E-state index contributed by atoms with van der Waals surface area (Å²) >= 11 is 12.2. The third-order valence-corrected chi connectivity index (χ3v) is 7.16. The minimum atomic E-state index is -4.57. The molecule has 4 aromatic rings. The van der Waals surface area contributed by atoms with Crippen molar-refractivity contribution in [1.82, 2.24) is 0 Å². The number of nitrogens with zero attached hydrogens (tertiary/aromatic N) is 2. The molecule has 0 aromatic heterocycles. The van der Waals surface area contributed by atoms with E-state index in [1.54, 1.807) is 43.3 Å². The number of hydrogen-bond donors (Lipinski definition) is 3. The molecule has 3 N–H and O–H groups in total. The Kier molecular flexibility index (Phi) is 7.89. The van der Waals surface area contributed by atoms with Gasteiger partial charge in [-0.1, -0.05) is 47.5 Å². The van der Waals surface area contributed by atoms with Gasteiger partial charge in [0.25, 0.3) is 16.0 Å². The Morgan fingerprint density at radius 3 is 2.50 bits per heavy atom. The molecule has 38 heavy (non-hydrogen) atoms. The summed E-state index contributed by atoms with van der Waals surface area (Å²) in [4.78, 5) is 12.8. The van der Waals surface area contributed by atoms with Crippen molar-refractivity contribution in [2.45, 2.75) is 18.7 Å². The maximum atomic E-state index is 13.3. The molecule has 0 atom stereocenters. The first-order chi connectivity index (χ1) is 18.0. The number of benzene rings is 4. The number of ether oxygens (including phenoxy) is 1. The summed E-state index contributed by atoms with van der Waals surface area (Å²) < 4.78 is 38.5. The molecule has 4 rings (SSSR count). The highest BCUT2D eigenvalue weighted by atomic mass is 35.5. The van der Waals surface area contributed by atoms with Gasteiger partial charge in [-0.2, -0.15) is 13.5 Å². The zero-order valence-electron chi connectivity index (χ0n) is 20.1. The quantitative estimate of drug-likeness (QED) is 0.155. The van der Waals surface area contributed by atoms with Gasteiger partial charge in [-0.25, -0.2) is 0 Å². The van der Waals surface area contributed by atoms with Crippen LogP contribution >= 0.6 is 23.2 Å². The van der Waals surface area contributed by atoms with E-state index in [1.165, 1.54) is 25.1 Å². The smallest absolute Gasteiger partial charge is 0.294 e. The second-order valence-corrected chi connectivity index (χ2v) is 10.3. The molecule has 0 spiro atoms. The average Bonchev–Trinajstić information content (AvgIpc) is 2.86. The molecule has 12 heteroatoms. The monoisotopic (exact) mass is 573 g/mol. The number of rotatable bonds is 7. The number of carbonyl (C=O) groups is 1. The highest BCUT2D eigenvalue weighted by Gasteiger charge is 2.21. The molecular formula is C26H21Cl2N3O6S. The van der Waals surface area contributed by atoms with E-state index < -0.39 is 26.7 Å². The lowest BCUT2D eigenvalue weighted by molar-refractivity contribution is 0.102. The Morgan fingerprint density at radius 1 is 1.05 bits per heavy atom. The Morgan fingerprint density at radius 2 is 1.79 bits per heavy atom.